The summed E-state index contributed by atoms with van der Waals surface area (Å²) in [7, 11) is 0. The molecule has 2 rings (SSSR count). The first-order valence-electron chi connectivity index (χ1n) is 5.96. The van der Waals surface area contributed by atoms with Crippen LogP contribution < -0.4 is 0 Å². The lowest BCUT2D eigenvalue weighted by molar-refractivity contribution is -0.145. The second-order valence-corrected chi connectivity index (χ2v) is 6.10. The van der Waals surface area contributed by atoms with Gasteiger partial charge < -0.3 is 4.74 Å². The highest BCUT2D eigenvalue weighted by Gasteiger charge is 2.57. The average Bonchev–Trinajstić information content (AvgIpc) is 2.94. The van der Waals surface area contributed by atoms with Crippen molar-refractivity contribution in [2.24, 2.45) is 5.92 Å². The smallest absolute Gasteiger partial charge is 0.312 e. The minimum Gasteiger partial charge on any atom is -0.465 e. The van der Waals surface area contributed by atoms with Gasteiger partial charge in [-0.3, -0.25) is 9.78 Å². The van der Waals surface area contributed by atoms with E-state index in [1.807, 2.05) is 25.1 Å². The van der Waals surface area contributed by atoms with E-state index in [0.717, 1.165) is 24.2 Å². The highest BCUT2D eigenvalue weighted by Crippen LogP contribution is 2.53. The van der Waals surface area contributed by atoms with Crippen LogP contribution >= 0.6 is 23.2 Å². The van der Waals surface area contributed by atoms with Crippen molar-refractivity contribution in [1.29, 1.82) is 0 Å². The Morgan fingerprint density at radius 2 is 2.28 bits per heavy atom. The van der Waals surface area contributed by atoms with Crippen LogP contribution in [0.25, 0.3) is 0 Å². The van der Waals surface area contributed by atoms with Gasteiger partial charge in [-0.2, -0.15) is 0 Å². The normalized spacial score (nSPS) is 20.5. The van der Waals surface area contributed by atoms with Gasteiger partial charge in [0.1, 0.15) is 4.33 Å². The Morgan fingerprint density at radius 3 is 2.89 bits per heavy atom. The quantitative estimate of drug-likeness (QED) is 0.475. The van der Waals surface area contributed by atoms with Gasteiger partial charge >= 0.3 is 5.97 Å². The van der Waals surface area contributed by atoms with E-state index in [9.17, 15) is 4.79 Å². The number of carbonyl (C=O) groups is 1. The molecule has 0 spiro atoms. The van der Waals surface area contributed by atoms with Crippen LogP contribution in [0.3, 0.4) is 0 Å². The number of ether oxygens (including phenoxy) is 1. The number of alkyl halides is 2. The van der Waals surface area contributed by atoms with Crippen molar-refractivity contribution in [3.05, 3.63) is 29.6 Å². The molecule has 1 aliphatic rings. The minimum absolute atomic E-state index is 0.294. The molecule has 5 heteroatoms. The molecule has 0 saturated heterocycles. The van der Waals surface area contributed by atoms with E-state index in [4.69, 9.17) is 27.9 Å². The van der Waals surface area contributed by atoms with Gasteiger partial charge in [-0.25, -0.2) is 0 Å². The maximum absolute atomic E-state index is 11.5. The van der Waals surface area contributed by atoms with Crippen LogP contribution in [-0.2, 0) is 16.0 Å². The van der Waals surface area contributed by atoms with Crippen molar-refractivity contribution in [2.45, 2.75) is 30.5 Å². The van der Waals surface area contributed by atoms with E-state index < -0.39 is 4.33 Å². The van der Waals surface area contributed by atoms with E-state index in [-0.39, 0.29) is 11.9 Å². The summed E-state index contributed by atoms with van der Waals surface area (Å²) < 4.78 is 4.22. The lowest BCUT2D eigenvalue weighted by Gasteiger charge is -2.05. The number of aryl methyl sites for hydroxylation is 2. The fraction of sp³-hybridized carbons (Fsp3) is 0.538. The highest BCUT2D eigenvalue weighted by atomic mass is 35.5. The Balaban J connectivity index is 1.66. The maximum atomic E-state index is 11.5. The predicted molar refractivity (Wildman–Crippen MR) is 70.8 cm³/mol. The molecule has 98 valence electrons. The third-order valence-electron chi connectivity index (χ3n) is 2.88. The number of halogens is 2. The van der Waals surface area contributed by atoms with Crippen LogP contribution in [0.5, 0.6) is 0 Å². The van der Waals surface area contributed by atoms with Crippen LogP contribution in [0.2, 0.25) is 0 Å². The fourth-order valence-electron chi connectivity index (χ4n) is 1.73. The number of pyridine rings is 1. The monoisotopic (exact) mass is 287 g/mol. The van der Waals surface area contributed by atoms with Crippen LogP contribution in [-0.4, -0.2) is 21.9 Å². The largest absolute Gasteiger partial charge is 0.465 e. The molecular formula is C13H15Cl2NO2. The summed E-state index contributed by atoms with van der Waals surface area (Å²) >= 11 is 11.6. The Hall–Kier alpha value is -0.800. The van der Waals surface area contributed by atoms with Gasteiger partial charge in [0.05, 0.1) is 12.5 Å². The molecule has 18 heavy (non-hydrogen) atoms. The Labute approximate surface area is 116 Å². The average molecular weight is 288 g/mol. The first-order chi connectivity index (χ1) is 8.49. The first-order valence-corrected chi connectivity index (χ1v) is 6.71. The Bertz CT molecular complexity index is 448. The number of nitrogens with zero attached hydrogens (tertiary/aromatic N) is 1. The third-order valence-corrected chi connectivity index (χ3v) is 3.71. The summed E-state index contributed by atoms with van der Waals surface area (Å²) in [6.07, 6.45) is 2.05. The maximum Gasteiger partial charge on any atom is 0.312 e. The van der Waals surface area contributed by atoms with Gasteiger partial charge in [0.15, 0.2) is 0 Å². The molecule has 1 fully saturated rings. The number of hydrogen-bond acceptors (Lipinski definition) is 3. The van der Waals surface area contributed by atoms with E-state index in [0.29, 0.717) is 13.0 Å². The van der Waals surface area contributed by atoms with Gasteiger partial charge in [-0.05, 0) is 38.3 Å². The minimum atomic E-state index is -0.894. The number of esters is 1. The molecule has 0 bridgehead atoms. The molecule has 1 unspecified atom stereocenters. The SMILES string of the molecule is Cc1cccc(CCCOC(=O)C2CC2(Cl)Cl)n1. The zero-order valence-electron chi connectivity index (χ0n) is 10.2. The van der Waals surface area contributed by atoms with Gasteiger partial charge in [0, 0.05) is 11.4 Å². The highest BCUT2D eigenvalue weighted by molar-refractivity contribution is 6.52. The van der Waals surface area contributed by atoms with E-state index in [2.05, 4.69) is 4.98 Å². The molecule has 1 heterocycles. The summed E-state index contributed by atoms with van der Waals surface area (Å²) in [6, 6.07) is 5.90. The zero-order valence-corrected chi connectivity index (χ0v) is 11.7. The van der Waals surface area contributed by atoms with Crippen LogP contribution in [0.4, 0.5) is 0 Å². The number of carbonyl (C=O) groups excluding carboxylic acids is 1. The van der Waals surface area contributed by atoms with E-state index >= 15 is 0 Å². The Morgan fingerprint density at radius 1 is 1.56 bits per heavy atom. The van der Waals surface area contributed by atoms with Crippen LogP contribution in [0.15, 0.2) is 18.2 Å². The molecule has 1 atom stereocenters. The van der Waals surface area contributed by atoms with Gasteiger partial charge in [0.25, 0.3) is 0 Å². The molecule has 0 radical (unpaired) electrons. The van der Waals surface area contributed by atoms with Gasteiger partial charge in [0.2, 0.25) is 0 Å². The standard InChI is InChI=1S/C13H15Cl2NO2/c1-9-4-2-5-10(16-9)6-3-7-18-12(17)11-8-13(11,14)15/h2,4-5,11H,3,6-8H2,1H3. The lowest BCUT2D eigenvalue weighted by atomic mass is 10.2. The van der Waals surface area contributed by atoms with Crippen molar-refractivity contribution in [1.82, 2.24) is 4.98 Å². The van der Waals surface area contributed by atoms with Crippen molar-refractivity contribution < 1.29 is 9.53 Å². The molecule has 1 aromatic rings. The molecule has 1 aromatic heterocycles. The summed E-state index contributed by atoms with van der Waals surface area (Å²) in [6.45, 7) is 2.34. The molecule has 0 amide bonds. The molecule has 0 N–H and O–H groups in total. The van der Waals surface area contributed by atoms with Crippen molar-refractivity contribution >= 4 is 29.2 Å². The van der Waals surface area contributed by atoms with Gasteiger partial charge in [-0.1, -0.05) is 6.07 Å². The summed E-state index contributed by atoms with van der Waals surface area (Å²) in [5.74, 6) is -0.643. The molecule has 0 aliphatic heterocycles. The van der Waals surface area contributed by atoms with E-state index in [1.54, 1.807) is 0 Å². The molecule has 0 aromatic carbocycles. The topological polar surface area (TPSA) is 39.2 Å². The molecule has 1 aliphatic carbocycles. The van der Waals surface area contributed by atoms with Crippen molar-refractivity contribution in [2.75, 3.05) is 6.61 Å². The second-order valence-electron chi connectivity index (χ2n) is 4.56. The van der Waals surface area contributed by atoms with Crippen molar-refractivity contribution in [3.63, 3.8) is 0 Å². The molecular weight excluding hydrogens is 273 g/mol. The number of aromatic nitrogens is 1. The fourth-order valence-corrected chi connectivity index (χ4v) is 2.22. The van der Waals surface area contributed by atoms with Crippen LogP contribution in [0, 0.1) is 12.8 Å². The number of hydrogen-bond donors (Lipinski definition) is 0. The lowest BCUT2D eigenvalue weighted by Crippen LogP contribution is -2.12. The first kappa shape index (κ1) is 13.6. The van der Waals surface area contributed by atoms with Crippen LogP contribution in [0.1, 0.15) is 24.2 Å². The molecule has 1 saturated carbocycles. The van der Waals surface area contributed by atoms with Gasteiger partial charge in [-0.15, -0.1) is 23.2 Å². The Kier molecular flexibility index (Phi) is 4.13. The summed E-state index contributed by atoms with van der Waals surface area (Å²) in [5.41, 5.74) is 2.01. The third kappa shape index (κ3) is 3.59. The summed E-state index contributed by atoms with van der Waals surface area (Å²) in [4.78, 5) is 15.9. The number of rotatable bonds is 5. The van der Waals surface area contributed by atoms with Crippen molar-refractivity contribution in [3.8, 4) is 0 Å². The zero-order chi connectivity index (χ0) is 13.2. The second kappa shape index (κ2) is 5.45. The predicted octanol–water partition coefficient (Wildman–Crippen LogP) is 3.06. The van der Waals surface area contributed by atoms with E-state index in [1.165, 1.54) is 0 Å². The summed E-state index contributed by atoms with van der Waals surface area (Å²) in [5, 5.41) is 0. The molecule has 3 nitrogen and oxygen atoms in total.